The fourth-order valence-corrected chi connectivity index (χ4v) is 4.76. The lowest BCUT2D eigenvalue weighted by atomic mass is 10.0. The number of imidazole rings is 1. The van der Waals surface area contributed by atoms with Crippen molar-refractivity contribution in [1.29, 1.82) is 0 Å². The van der Waals surface area contributed by atoms with Gasteiger partial charge >= 0.3 is 0 Å². The third-order valence-corrected chi connectivity index (χ3v) is 6.14. The molecule has 0 spiro atoms. The highest BCUT2D eigenvalue weighted by Gasteiger charge is 2.27. The molecule has 148 valence electrons. The summed E-state index contributed by atoms with van der Waals surface area (Å²) in [7, 11) is 0. The van der Waals surface area contributed by atoms with Gasteiger partial charge in [-0.3, -0.25) is 0 Å². The first kappa shape index (κ1) is 19.8. The molecule has 7 heteroatoms. The molecule has 0 saturated carbocycles. The lowest BCUT2D eigenvalue weighted by Crippen LogP contribution is -2.29. The molecular weight excluding hydrogens is 415 g/mol. The maximum absolute atomic E-state index is 6.56. The van der Waals surface area contributed by atoms with Crippen LogP contribution in [0.5, 0.6) is 0 Å². The smallest absolute Gasteiger partial charge is 0.211 e. The fourth-order valence-electron chi connectivity index (χ4n) is 4.06. The molecule has 1 unspecified atom stereocenters. The lowest BCUT2D eigenvalue weighted by Gasteiger charge is -2.30. The topological polar surface area (TPSA) is 33.1 Å². The van der Waals surface area contributed by atoms with E-state index in [0.29, 0.717) is 15.1 Å². The third-order valence-electron chi connectivity index (χ3n) is 5.30. The van der Waals surface area contributed by atoms with E-state index in [2.05, 4.69) is 34.7 Å². The predicted molar refractivity (Wildman–Crippen MR) is 120 cm³/mol. The number of anilines is 2. The average molecular weight is 438 g/mol. The van der Waals surface area contributed by atoms with Crippen molar-refractivity contribution in [3.8, 4) is 0 Å². The molecule has 0 amide bonds. The van der Waals surface area contributed by atoms with Crippen molar-refractivity contribution in [3.63, 3.8) is 0 Å². The standard InChI is InChI=1S/C21H23Cl3N4/c1-3-17(25-4-2)14-7-8-15(23)19-20(14)28-11-5-10-27(21(28)26-19)18-9-6-13(22)12-16(18)24/h6-9,12,17,25H,3-5,10-11H2,1-2H3. The van der Waals surface area contributed by atoms with E-state index in [9.17, 15) is 0 Å². The van der Waals surface area contributed by atoms with Gasteiger partial charge < -0.3 is 14.8 Å². The lowest BCUT2D eigenvalue weighted by molar-refractivity contribution is 0.535. The molecule has 1 N–H and O–H groups in total. The molecule has 3 aromatic rings. The Kier molecular flexibility index (Phi) is 5.75. The molecule has 0 saturated heterocycles. The van der Waals surface area contributed by atoms with Crippen molar-refractivity contribution in [2.24, 2.45) is 0 Å². The largest absolute Gasteiger partial charge is 0.310 e. The minimum atomic E-state index is 0.264. The van der Waals surface area contributed by atoms with Crippen LogP contribution in [0.4, 0.5) is 11.6 Å². The Hall–Kier alpha value is -1.46. The highest BCUT2D eigenvalue weighted by atomic mass is 35.5. The number of aryl methyl sites for hydroxylation is 1. The van der Waals surface area contributed by atoms with Crippen LogP contribution in [0, 0.1) is 0 Å². The predicted octanol–water partition coefficient (Wildman–Crippen LogP) is 6.60. The molecule has 2 aromatic carbocycles. The Bertz CT molecular complexity index is 1010. The van der Waals surface area contributed by atoms with Crippen molar-refractivity contribution in [1.82, 2.24) is 14.9 Å². The SMILES string of the molecule is CCNC(CC)c1ccc(Cl)c2nc3n(c12)CCCN3c1ccc(Cl)cc1Cl. The molecular formula is C21H23Cl3N4. The summed E-state index contributed by atoms with van der Waals surface area (Å²) in [5.41, 5.74) is 4.12. The van der Waals surface area contributed by atoms with E-state index in [1.54, 1.807) is 6.07 Å². The monoisotopic (exact) mass is 436 g/mol. The summed E-state index contributed by atoms with van der Waals surface area (Å²) in [5, 5.41) is 5.51. The second-order valence-corrected chi connectivity index (χ2v) is 8.27. The van der Waals surface area contributed by atoms with Gasteiger partial charge in [-0.1, -0.05) is 54.7 Å². The second-order valence-electron chi connectivity index (χ2n) is 7.02. The Morgan fingerprint density at radius 1 is 1.07 bits per heavy atom. The van der Waals surface area contributed by atoms with E-state index < -0.39 is 0 Å². The molecule has 0 aliphatic carbocycles. The molecule has 1 aliphatic rings. The highest BCUT2D eigenvalue weighted by Crippen LogP contribution is 2.40. The summed E-state index contributed by atoms with van der Waals surface area (Å²) in [6.45, 7) is 6.99. The van der Waals surface area contributed by atoms with Crippen molar-refractivity contribution in [2.45, 2.75) is 39.3 Å². The number of rotatable bonds is 5. The number of nitrogens with one attached hydrogen (secondary N) is 1. The summed E-state index contributed by atoms with van der Waals surface area (Å²) < 4.78 is 2.28. The molecule has 28 heavy (non-hydrogen) atoms. The molecule has 0 radical (unpaired) electrons. The van der Waals surface area contributed by atoms with Crippen LogP contribution in [0.3, 0.4) is 0 Å². The maximum atomic E-state index is 6.56. The highest BCUT2D eigenvalue weighted by molar-refractivity contribution is 6.36. The summed E-state index contributed by atoms with van der Waals surface area (Å²) in [5.74, 6) is 0.881. The van der Waals surface area contributed by atoms with Gasteiger partial charge in [0.1, 0.15) is 5.52 Å². The first-order valence-electron chi connectivity index (χ1n) is 9.69. The van der Waals surface area contributed by atoms with Gasteiger partial charge in [-0.25, -0.2) is 4.98 Å². The van der Waals surface area contributed by atoms with Crippen LogP contribution in [-0.4, -0.2) is 22.6 Å². The Morgan fingerprint density at radius 3 is 2.61 bits per heavy atom. The molecule has 1 aromatic heterocycles. The van der Waals surface area contributed by atoms with E-state index >= 15 is 0 Å². The number of fused-ring (bicyclic) bond motifs is 3. The second kappa shape index (κ2) is 8.11. The van der Waals surface area contributed by atoms with E-state index in [4.69, 9.17) is 39.8 Å². The third kappa shape index (κ3) is 3.37. The molecule has 4 nitrogen and oxygen atoms in total. The van der Waals surface area contributed by atoms with Crippen LogP contribution >= 0.6 is 34.8 Å². The number of halogens is 3. The molecule has 4 rings (SSSR count). The molecule has 1 aliphatic heterocycles. The van der Waals surface area contributed by atoms with Crippen LogP contribution in [-0.2, 0) is 6.54 Å². The van der Waals surface area contributed by atoms with Crippen molar-refractivity contribution in [3.05, 3.63) is 51.0 Å². The molecule has 0 bridgehead atoms. The fraction of sp³-hybridized carbons (Fsp3) is 0.381. The van der Waals surface area contributed by atoms with Gasteiger partial charge in [0.15, 0.2) is 0 Å². The average Bonchev–Trinajstić information content (AvgIpc) is 3.08. The van der Waals surface area contributed by atoms with E-state index in [-0.39, 0.29) is 6.04 Å². The van der Waals surface area contributed by atoms with Crippen LogP contribution < -0.4 is 10.2 Å². The minimum absolute atomic E-state index is 0.264. The van der Waals surface area contributed by atoms with Gasteiger partial charge in [0.2, 0.25) is 5.95 Å². The van der Waals surface area contributed by atoms with Crippen LogP contribution in [0.1, 0.15) is 38.3 Å². The summed E-state index contributed by atoms with van der Waals surface area (Å²) >= 11 is 19.2. The summed E-state index contributed by atoms with van der Waals surface area (Å²) in [6, 6.07) is 9.94. The van der Waals surface area contributed by atoms with Gasteiger partial charge in [-0.05, 0) is 49.2 Å². The minimum Gasteiger partial charge on any atom is -0.310 e. The zero-order valence-corrected chi connectivity index (χ0v) is 18.2. The molecule has 0 fully saturated rings. The number of nitrogens with zero attached hydrogens (tertiary/aromatic N) is 3. The van der Waals surface area contributed by atoms with Gasteiger partial charge in [0.05, 0.1) is 21.2 Å². The van der Waals surface area contributed by atoms with Crippen molar-refractivity contribution >= 4 is 57.5 Å². The van der Waals surface area contributed by atoms with Crippen molar-refractivity contribution in [2.75, 3.05) is 18.0 Å². The van der Waals surface area contributed by atoms with Crippen molar-refractivity contribution < 1.29 is 0 Å². The zero-order chi connectivity index (χ0) is 19.8. The normalized spacial score (nSPS) is 15.1. The van der Waals surface area contributed by atoms with Crippen LogP contribution in [0.25, 0.3) is 11.0 Å². The molecule has 2 heterocycles. The first-order valence-corrected chi connectivity index (χ1v) is 10.8. The number of hydrogen-bond acceptors (Lipinski definition) is 3. The van der Waals surface area contributed by atoms with Crippen LogP contribution in [0.2, 0.25) is 15.1 Å². The zero-order valence-electron chi connectivity index (χ0n) is 16.0. The summed E-state index contributed by atoms with van der Waals surface area (Å²) in [4.78, 5) is 7.11. The number of aromatic nitrogens is 2. The first-order chi connectivity index (χ1) is 13.5. The maximum Gasteiger partial charge on any atom is 0.211 e. The Morgan fingerprint density at radius 2 is 1.89 bits per heavy atom. The number of hydrogen-bond donors (Lipinski definition) is 1. The van der Waals surface area contributed by atoms with Crippen LogP contribution in [0.15, 0.2) is 30.3 Å². The molecule has 1 atom stereocenters. The number of benzene rings is 2. The van der Waals surface area contributed by atoms with E-state index in [0.717, 1.165) is 55.1 Å². The van der Waals surface area contributed by atoms with E-state index in [1.165, 1.54) is 5.56 Å². The van der Waals surface area contributed by atoms with Gasteiger partial charge in [-0.2, -0.15) is 0 Å². The Labute approximate surface area is 180 Å². The van der Waals surface area contributed by atoms with E-state index in [1.807, 2.05) is 18.2 Å². The summed E-state index contributed by atoms with van der Waals surface area (Å²) in [6.07, 6.45) is 2.00. The van der Waals surface area contributed by atoms with Gasteiger partial charge in [0, 0.05) is 24.2 Å². The Balaban J connectivity index is 1.91. The van der Waals surface area contributed by atoms with Gasteiger partial charge in [0.25, 0.3) is 0 Å². The quantitative estimate of drug-likeness (QED) is 0.488. The van der Waals surface area contributed by atoms with Gasteiger partial charge in [-0.15, -0.1) is 0 Å².